The van der Waals surface area contributed by atoms with E-state index in [2.05, 4.69) is 61.6 Å². The molecule has 4 heteroatoms. The van der Waals surface area contributed by atoms with Gasteiger partial charge >= 0.3 is 0 Å². The second-order valence-corrected chi connectivity index (χ2v) is 13.8. The number of hydrogen-bond donors (Lipinski definition) is 0. The second-order valence-electron chi connectivity index (χ2n) is 9.07. The highest BCUT2D eigenvalue weighted by atomic mass is 28.4. The Morgan fingerprint density at radius 1 is 1.17 bits per heavy atom. The van der Waals surface area contributed by atoms with Gasteiger partial charge in [-0.1, -0.05) is 54.9 Å². The molecule has 0 aromatic rings. The lowest BCUT2D eigenvalue weighted by atomic mass is 9.83. The van der Waals surface area contributed by atoms with Gasteiger partial charge in [-0.05, 0) is 31.0 Å². The molecule has 1 fully saturated rings. The second kappa shape index (κ2) is 7.98. The molecule has 0 aromatic carbocycles. The van der Waals surface area contributed by atoms with Gasteiger partial charge in [-0.2, -0.15) is 0 Å². The van der Waals surface area contributed by atoms with Gasteiger partial charge in [0, 0.05) is 11.8 Å². The van der Waals surface area contributed by atoms with E-state index >= 15 is 0 Å². The molecule has 0 radical (unpaired) electrons. The normalized spacial score (nSPS) is 30.8. The van der Waals surface area contributed by atoms with E-state index in [-0.39, 0.29) is 23.5 Å². The molecule has 6 atom stereocenters. The predicted molar refractivity (Wildman–Crippen MR) is 100 cm³/mol. The van der Waals surface area contributed by atoms with E-state index in [0.717, 1.165) is 13.0 Å². The third kappa shape index (κ3) is 5.28. The lowest BCUT2D eigenvalue weighted by Crippen LogP contribution is -2.52. The summed E-state index contributed by atoms with van der Waals surface area (Å²) in [4.78, 5) is 0. The molecule has 1 rings (SSSR count). The fourth-order valence-electron chi connectivity index (χ4n) is 3.10. The zero-order valence-electron chi connectivity index (χ0n) is 17.1. The van der Waals surface area contributed by atoms with Gasteiger partial charge in [-0.3, -0.25) is 0 Å². The Labute approximate surface area is 145 Å². The summed E-state index contributed by atoms with van der Waals surface area (Å²) in [7, 11) is -1.80. The lowest BCUT2D eigenvalue weighted by Gasteiger charge is -2.46. The zero-order chi connectivity index (χ0) is 18.0. The quantitative estimate of drug-likeness (QED) is 0.599. The first-order chi connectivity index (χ1) is 10.4. The molecule has 3 nitrogen and oxygen atoms in total. The highest BCUT2D eigenvalue weighted by Gasteiger charge is 2.44. The maximum atomic E-state index is 6.87. The molecule has 23 heavy (non-hydrogen) atoms. The Bertz CT molecular complexity index is 364. The van der Waals surface area contributed by atoms with E-state index in [1.165, 1.54) is 0 Å². The summed E-state index contributed by atoms with van der Waals surface area (Å²) in [6, 6.07) is 0. The molecule has 138 valence electrons. The Kier molecular flexibility index (Phi) is 7.34. The molecule has 0 saturated carbocycles. The first-order valence-corrected chi connectivity index (χ1v) is 12.3. The van der Waals surface area contributed by atoms with Gasteiger partial charge in [0.05, 0.1) is 18.8 Å². The minimum Gasteiger partial charge on any atom is -0.413 e. The van der Waals surface area contributed by atoms with E-state index in [4.69, 9.17) is 13.9 Å². The molecular weight excluding hydrogens is 304 g/mol. The van der Waals surface area contributed by atoms with Crippen LogP contribution in [0.25, 0.3) is 0 Å². The van der Waals surface area contributed by atoms with Gasteiger partial charge in [0.25, 0.3) is 0 Å². The van der Waals surface area contributed by atoms with E-state index in [1.807, 2.05) is 6.92 Å². The Balaban J connectivity index is 2.97. The van der Waals surface area contributed by atoms with E-state index in [1.54, 1.807) is 0 Å². The van der Waals surface area contributed by atoms with Gasteiger partial charge in [0.15, 0.2) is 14.6 Å². The van der Waals surface area contributed by atoms with Crippen LogP contribution in [-0.2, 0) is 13.9 Å². The van der Waals surface area contributed by atoms with Crippen molar-refractivity contribution in [3.63, 3.8) is 0 Å². The standard InChI is InChI=1S/C19H40O3Si/c1-11-13(2)18(22-23(9,10)19(6,7)8)15(4)17-14(3)12-20-16(5)21-17/h13-18H,11-12H2,1-10H3/t13-,14-,15+,16-,17?,18+/m0/s1. The summed E-state index contributed by atoms with van der Waals surface area (Å²) in [6.45, 7) is 23.5. The molecule has 1 heterocycles. The fraction of sp³-hybridized carbons (Fsp3) is 1.00. The maximum Gasteiger partial charge on any atom is 0.192 e. The number of hydrogen-bond acceptors (Lipinski definition) is 3. The molecular formula is C19H40O3Si. The van der Waals surface area contributed by atoms with Crippen molar-refractivity contribution in [2.24, 2.45) is 17.8 Å². The third-order valence-corrected chi connectivity index (χ3v) is 10.5. The third-order valence-electron chi connectivity index (χ3n) is 5.98. The van der Waals surface area contributed by atoms with Gasteiger partial charge in [-0.25, -0.2) is 0 Å². The minimum absolute atomic E-state index is 0.107. The molecule has 0 aliphatic carbocycles. The average molecular weight is 345 g/mol. The van der Waals surface area contributed by atoms with Gasteiger partial charge < -0.3 is 13.9 Å². The van der Waals surface area contributed by atoms with E-state index in [9.17, 15) is 0 Å². The van der Waals surface area contributed by atoms with Crippen LogP contribution in [0.2, 0.25) is 18.1 Å². The van der Waals surface area contributed by atoms with E-state index in [0.29, 0.717) is 17.8 Å². The van der Waals surface area contributed by atoms with Crippen LogP contribution in [0.4, 0.5) is 0 Å². The maximum absolute atomic E-state index is 6.87. The molecule has 0 N–H and O–H groups in total. The van der Waals surface area contributed by atoms with Gasteiger partial charge in [0.2, 0.25) is 0 Å². The molecule has 0 aromatic heterocycles. The summed E-state index contributed by atoms with van der Waals surface area (Å²) >= 11 is 0. The first-order valence-electron chi connectivity index (χ1n) is 9.35. The molecule has 1 saturated heterocycles. The first kappa shape index (κ1) is 21.1. The molecule has 1 aliphatic heterocycles. The summed E-state index contributed by atoms with van der Waals surface area (Å²) in [5.74, 6) is 1.32. The molecule has 1 unspecified atom stereocenters. The van der Waals surface area contributed by atoms with Crippen LogP contribution in [0.5, 0.6) is 0 Å². The summed E-state index contributed by atoms with van der Waals surface area (Å²) in [5, 5.41) is 0.230. The van der Waals surface area contributed by atoms with Crippen LogP contribution >= 0.6 is 0 Å². The van der Waals surface area contributed by atoms with Crippen molar-refractivity contribution in [3.8, 4) is 0 Å². The fourth-order valence-corrected chi connectivity index (χ4v) is 4.58. The van der Waals surface area contributed by atoms with Crippen LogP contribution in [0, 0.1) is 17.8 Å². The van der Waals surface area contributed by atoms with Crippen molar-refractivity contribution in [2.45, 2.75) is 98.4 Å². The molecule has 0 amide bonds. The van der Waals surface area contributed by atoms with Crippen molar-refractivity contribution in [1.29, 1.82) is 0 Å². The average Bonchev–Trinajstić information content (AvgIpc) is 2.44. The summed E-state index contributed by atoms with van der Waals surface area (Å²) in [5.41, 5.74) is 0. The predicted octanol–water partition coefficient (Wildman–Crippen LogP) is 5.46. The van der Waals surface area contributed by atoms with Crippen molar-refractivity contribution in [1.82, 2.24) is 0 Å². The molecule has 0 bridgehead atoms. The van der Waals surface area contributed by atoms with Gasteiger partial charge in [-0.15, -0.1) is 0 Å². The largest absolute Gasteiger partial charge is 0.413 e. The van der Waals surface area contributed by atoms with E-state index < -0.39 is 8.32 Å². The summed E-state index contributed by atoms with van der Waals surface area (Å²) in [6.07, 6.45) is 1.49. The smallest absolute Gasteiger partial charge is 0.192 e. The van der Waals surface area contributed by atoms with Crippen LogP contribution in [0.15, 0.2) is 0 Å². The molecule has 1 aliphatic rings. The van der Waals surface area contributed by atoms with Crippen molar-refractivity contribution < 1.29 is 13.9 Å². The Hall–Kier alpha value is 0.0969. The lowest BCUT2D eigenvalue weighted by molar-refractivity contribution is -0.243. The SMILES string of the molecule is CC[C@H](C)[C@@H](O[Si](C)(C)C(C)(C)C)[C@H](C)C1O[C@@H](C)OC[C@@H]1C. The molecule has 0 spiro atoms. The van der Waals surface area contributed by atoms with Crippen LogP contribution < -0.4 is 0 Å². The Morgan fingerprint density at radius 3 is 2.22 bits per heavy atom. The van der Waals surface area contributed by atoms with Gasteiger partial charge in [0.1, 0.15) is 0 Å². The number of ether oxygens (including phenoxy) is 2. The highest BCUT2D eigenvalue weighted by molar-refractivity contribution is 6.74. The zero-order valence-corrected chi connectivity index (χ0v) is 18.1. The van der Waals surface area contributed by atoms with Crippen molar-refractivity contribution >= 4 is 8.32 Å². The monoisotopic (exact) mass is 344 g/mol. The number of rotatable bonds is 6. The highest BCUT2D eigenvalue weighted by Crippen LogP contribution is 2.41. The van der Waals surface area contributed by atoms with Crippen molar-refractivity contribution in [3.05, 3.63) is 0 Å². The van der Waals surface area contributed by atoms with Crippen LogP contribution in [0.3, 0.4) is 0 Å². The van der Waals surface area contributed by atoms with Crippen molar-refractivity contribution in [2.75, 3.05) is 6.61 Å². The minimum atomic E-state index is -1.80. The van der Waals surface area contributed by atoms with Crippen LogP contribution in [-0.4, -0.2) is 33.4 Å². The topological polar surface area (TPSA) is 27.7 Å². The summed E-state index contributed by atoms with van der Waals surface area (Å²) < 4.78 is 18.7. The van der Waals surface area contributed by atoms with Crippen LogP contribution in [0.1, 0.15) is 61.8 Å². The Morgan fingerprint density at radius 2 is 1.74 bits per heavy atom.